The van der Waals surface area contributed by atoms with Crippen LogP contribution in [0.2, 0.25) is 0 Å². The van der Waals surface area contributed by atoms with Gasteiger partial charge in [-0.15, -0.1) is 10.2 Å². The number of nitrogens with one attached hydrogen (secondary N) is 1. The van der Waals surface area contributed by atoms with Crippen molar-refractivity contribution in [1.29, 1.82) is 0 Å². The summed E-state index contributed by atoms with van der Waals surface area (Å²) in [7, 11) is 1.67. The summed E-state index contributed by atoms with van der Waals surface area (Å²) in [5.74, 6) is 1.65. The molecular formula is C20H28N4O3. The third kappa shape index (κ3) is 4.66. The van der Waals surface area contributed by atoms with Crippen LogP contribution >= 0.6 is 0 Å². The van der Waals surface area contributed by atoms with Crippen molar-refractivity contribution in [3.05, 3.63) is 24.3 Å². The topological polar surface area (TPSA) is 76.6 Å². The maximum absolute atomic E-state index is 12.3. The Morgan fingerprint density at radius 3 is 2.67 bits per heavy atom. The van der Waals surface area contributed by atoms with E-state index in [4.69, 9.17) is 9.47 Å². The summed E-state index contributed by atoms with van der Waals surface area (Å²) in [6, 6.07) is 8.05. The second kappa shape index (κ2) is 9.50. The first-order valence-electron chi connectivity index (χ1n) is 9.64. The van der Waals surface area contributed by atoms with Crippen molar-refractivity contribution >= 4 is 22.5 Å². The van der Waals surface area contributed by atoms with Crippen molar-refractivity contribution in [3.63, 3.8) is 0 Å². The summed E-state index contributed by atoms with van der Waals surface area (Å²) in [6.07, 6.45) is 2.48. The average Bonchev–Trinajstić information content (AvgIpc) is 2.72. The molecule has 0 aliphatic carbocycles. The summed E-state index contributed by atoms with van der Waals surface area (Å²) < 4.78 is 10.6. The molecule has 1 aromatic carbocycles. The number of benzene rings is 1. The minimum absolute atomic E-state index is 0.0608. The van der Waals surface area contributed by atoms with Crippen LogP contribution in [0, 0.1) is 5.92 Å². The molecule has 0 saturated carbocycles. The minimum atomic E-state index is 0.0608. The van der Waals surface area contributed by atoms with Crippen molar-refractivity contribution in [2.24, 2.45) is 5.92 Å². The first-order chi connectivity index (χ1) is 13.2. The first kappa shape index (κ1) is 19.4. The zero-order chi connectivity index (χ0) is 19.1. The molecule has 7 heteroatoms. The molecule has 1 aromatic heterocycles. The lowest BCUT2D eigenvalue weighted by atomic mass is 9.95. The Kier molecular flexibility index (Phi) is 6.81. The van der Waals surface area contributed by atoms with Crippen LogP contribution in [0.15, 0.2) is 24.3 Å². The lowest BCUT2D eigenvalue weighted by Crippen LogP contribution is -2.41. The highest BCUT2D eigenvalue weighted by molar-refractivity contribution is 5.95. The number of piperidine rings is 1. The van der Waals surface area contributed by atoms with Crippen LogP contribution in [0.4, 0.5) is 5.82 Å². The Labute approximate surface area is 160 Å². The number of amides is 1. The molecule has 1 aliphatic heterocycles. The summed E-state index contributed by atoms with van der Waals surface area (Å²) >= 11 is 0. The highest BCUT2D eigenvalue weighted by Crippen LogP contribution is 2.31. The normalized spacial score (nSPS) is 15.1. The second-order valence-electron chi connectivity index (χ2n) is 6.71. The number of nitrogens with zero attached hydrogens (tertiary/aromatic N) is 3. The minimum Gasteiger partial charge on any atom is -0.476 e. The zero-order valence-electron chi connectivity index (χ0n) is 16.1. The molecule has 2 aromatic rings. The van der Waals surface area contributed by atoms with Gasteiger partial charge >= 0.3 is 0 Å². The fraction of sp³-hybridized carbons (Fsp3) is 0.550. The van der Waals surface area contributed by atoms with Gasteiger partial charge in [0.25, 0.3) is 0 Å². The fourth-order valence-corrected chi connectivity index (χ4v) is 3.47. The quantitative estimate of drug-likeness (QED) is 0.717. The molecule has 7 nitrogen and oxygen atoms in total. The number of rotatable bonds is 8. The standard InChI is InChI=1S/C20H28N4O3/c1-3-27-20-17-8-5-4-7-16(17)18(22-23-20)24-12-9-15(10-13-24)19(25)21-11-6-14-26-2/h4-5,7-8,15H,3,6,9-14H2,1-2H3,(H,21,25). The Hall–Kier alpha value is -2.41. The molecule has 0 radical (unpaired) electrons. The van der Waals surface area contributed by atoms with Gasteiger partial charge in [0, 0.05) is 50.0 Å². The number of hydrogen-bond acceptors (Lipinski definition) is 6. The van der Waals surface area contributed by atoms with Gasteiger partial charge in [-0.1, -0.05) is 18.2 Å². The molecule has 2 heterocycles. The maximum atomic E-state index is 12.3. The Morgan fingerprint density at radius 2 is 1.96 bits per heavy atom. The van der Waals surface area contributed by atoms with E-state index >= 15 is 0 Å². The van der Waals surface area contributed by atoms with E-state index in [1.165, 1.54) is 0 Å². The van der Waals surface area contributed by atoms with Crippen LogP contribution in [0.1, 0.15) is 26.2 Å². The third-order valence-corrected chi connectivity index (χ3v) is 4.90. The molecule has 1 saturated heterocycles. The van der Waals surface area contributed by atoms with Gasteiger partial charge in [0.2, 0.25) is 11.8 Å². The van der Waals surface area contributed by atoms with Crippen LogP contribution in [-0.4, -0.2) is 56.1 Å². The highest BCUT2D eigenvalue weighted by Gasteiger charge is 2.26. The molecule has 0 bridgehead atoms. The van der Waals surface area contributed by atoms with Gasteiger partial charge in [-0.25, -0.2) is 0 Å². The van der Waals surface area contributed by atoms with E-state index in [1.54, 1.807) is 7.11 Å². The molecule has 0 unspecified atom stereocenters. The van der Waals surface area contributed by atoms with Gasteiger partial charge < -0.3 is 19.7 Å². The van der Waals surface area contributed by atoms with Gasteiger partial charge in [0.15, 0.2) is 5.82 Å². The number of fused-ring (bicyclic) bond motifs is 1. The molecule has 3 rings (SSSR count). The molecule has 27 heavy (non-hydrogen) atoms. The van der Waals surface area contributed by atoms with Gasteiger partial charge in [-0.3, -0.25) is 4.79 Å². The van der Waals surface area contributed by atoms with Crippen LogP contribution < -0.4 is 15.0 Å². The third-order valence-electron chi connectivity index (χ3n) is 4.90. The number of ether oxygens (including phenoxy) is 2. The molecule has 1 fully saturated rings. The van der Waals surface area contributed by atoms with E-state index in [0.717, 1.165) is 48.9 Å². The van der Waals surface area contributed by atoms with E-state index in [-0.39, 0.29) is 11.8 Å². The van der Waals surface area contributed by atoms with Gasteiger partial charge in [-0.2, -0.15) is 0 Å². The molecule has 1 aliphatic rings. The number of carbonyl (C=O) groups is 1. The number of carbonyl (C=O) groups excluding carboxylic acids is 1. The zero-order valence-corrected chi connectivity index (χ0v) is 16.1. The summed E-state index contributed by atoms with van der Waals surface area (Å²) in [4.78, 5) is 14.5. The van der Waals surface area contributed by atoms with Crippen molar-refractivity contribution in [2.45, 2.75) is 26.2 Å². The fourth-order valence-electron chi connectivity index (χ4n) is 3.47. The van der Waals surface area contributed by atoms with E-state index in [0.29, 0.717) is 25.6 Å². The summed E-state index contributed by atoms with van der Waals surface area (Å²) in [6.45, 7) is 5.42. The van der Waals surface area contributed by atoms with Crippen molar-refractivity contribution in [2.75, 3.05) is 44.9 Å². The number of anilines is 1. The number of hydrogen-bond donors (Lipinski definition) is 1. The lowest BCUT2D eigenvalue weighted by molar-refractivity contribution is -0.125. The van der Waals surface area contributed by atoms with Crippen molar-refractivity contribution in [1.82, 2.24) is 15.5 Å². The monoisotopic (exact) mass is 372 g/mol. The Bertz CT molecular complexity index is 760. The largest absolute Gasteiger partial charge is 0.476 e. The SMILES string of the molecule is CCOc1nnc(N2CCC(C(=O)NCCCOC)CC2)c2ccccc12. The Morgan fingerprint density at radius 1 is 1.22 bits per heavy atom. The molecular weight excluding hydrogens is 344 g/mol. The highest BCUT2D eigenvalue weighted by atomic mass is 16.5. The molecule has 146 valence electrons. The molecule has 1 amide bonds. The van der Waals surface area contributed by atoms with Gasteiger partial charge in [-0.05, 0) is 32.3 Å². The number of aromatic nitrogens is 2. The van der Waals surface area contributed by atoms with Crippen LogP contribution in [0.5, 0.6) is 5.88 Å². The first-order valence-corrected chi connectivity index (χ1v) is 9.64. The summed E-state index contributed by atoms with van der Waals surface area (Å²) in [5.41, 5.74) is 0. The van der Waals surface area contributed by atoms with Crippen molar-refractivity contribution < 1.29 is 14.3 Å². The van der Waals surface area contributed by atoms with E-state index in [1.807, 2.05) is 25.1 Å². The van der Waals surface area contributed by atoms with Gasteiger partial charge in [0.05, 0.1) is 6.61 Å². The molecule has 1 N–H and O–H groups in total. The predicted octanol–water partition coefficient (Wildman–Crippen LogP) is 2.40. The van der Waals surface area contributed by atoms with E-state index in [9.17, 15) is 4.79 Å². The van der Waals surface area contributed by atoms with E-state index < -0.39 is 0 Å². The number of methoxy groups -OCH3 is 1. The van der Waals surface area contributed by atoms with Crippen LogP contribution in [0.25, 0.3) is 10.8 Å². The van der Waals surface area contributed by atoms with Crippen LogP contribution in [-0.2, 0) is 9.53 Å². The van der Waals surface area contributed by atoms with Crippen LogP contribution in [0.3, 0.4) is 0 Å². The smallest absolute Gasteiger partial charge is 0.241 e. The Balaban J connectivity index is 1.64. The van der Waals surface area contributed by atoms with Gasteiger partial charge in [0.1, 0.15) is 0 Å². The molecule has 0 spiro atoms. The second-order valence-corrected chi connectivity index (χ2v) is 6.71. The lowest BCUT2D eigenvalue weighted by Gasteiger charge is -2.32. The predicted molar refractivity (Wildman–Crippen MR) is 105 cm³/mol. The average molecular weight is 372 g/mol. The molecule has 0 atom stereocenters. The van der Waals surface area contributed by atoms with E-state index in [2.05, 4.69) is 26.5 Å². The van der Waals surface area contributed by atoms with Crippen molar-refractivity contribution in [3.8, 4) is 5.88 Å². The maximum Gasteiger partial charge on any atom is 0.241 e. The summed E-state index contributed by atoms with van der Waals surface area (Å²) in [5, 5.41) is 13.7.